The average molecular weight is 310 g/mol. The van der Waals surface area contributed by atoms with Crippen molar-refractivity contribution in [3.63, 3.8) is 0 Å². The van der Waals surface area contributed by atoms with Gasteiger partial charge >= 0.3 is 0 Å². The van der Waals surface area contributed by atoms with Crippen LogP contribution in [0.25, 0.3) is 0 Å². The minimum atomic E-state index is 0.101. The van der Waals surface area contributed by atoms with Gasteiger partial charge in [0.25, 0.3) is 0 Å². The first-order valence-corrected chi connectivity index (χ1v) is 7.75. The van der Waals surface area contributed by atoms with E-state index in [1.54, 1.807) is 8.61 Å². The maximum atomic E-state index is 11.5. The van der Waals surface area contributed by atoms with E-state index in [1.807, 2.05) is 24.3 Å². The number of rotatable bonds is 4. The van der Waals surface area contributed by atoms with Crippen LogP contribution in [0.15, 0.2) is 24.3 Å². The maximum Gasteiger partial charge on any atom is 0.248 e. The lowest BCUT2D eigenvalue weighted by atomic mass is 10.1. The number of amides is 2. The highest BCUT2D eigenvalue weighted by Gasteiger charge is 2.22. The molecule has 2 heterocycles. The molecule has 0 aliphatic carbocycles. The Kier molecular flexibility index (Phi) is 4.16. The lowest BCUT2D eigenvalue weighted by Gasteiger charge is -2.15. The molecule has 106 valence electrons. The van der Waals surface area contributed by atoms with E-state index < -0.39 is 0 Å². The summed E-state index contributed by atoms with van der Waals surface area (Å²) in [5, 5.41) is 0. The van der Waals surface area contributed by atoms with Crippen LogP contribution in [-0.2, 0) is 22.7 Å². The molecule has 20 heavy (non-hydrogen) atoms. The molecule has 1 aromatic rings. The summed E-state index contributed by atoms with van der Waals surface area (Å²) in [7, 11) is 0. The number of nitrogens with one attached hydrogen (secondary N) is 2. The van der Waals surface area contributed by atoms with Crippen LogP contribution >= 0.6 is 24.3 Å². The van der Waals surface area contributed by atoms with Crippen molar-refractivity contribution in [3.8, 4) is 0 Å². The molecular weight excluding hydrogens is 296 g/mol. The van der Waals surface area contributed by atoms with Gasteiger partial charge in [-0.25, -0.2) is 9.44 Å². The summed E-state index contributed by atoms with van der Waals surface area (Å²) >= 11 is 2.69. The molecule has 0 bridgehead atoms. The molecule has 0 radical (unpaired) electrons. The van der Waals surface area contributed by atoms with Gasteiger partial charge in [0.1, 0.15) is 0 Å². The van der Waals surface area contributed by atoms with Gasteiger partial charge in [-0.2, -0.15) is 0 Å². The minimum absolute atomic E-state index is 0.101. The first kappa shape index (κ1) is 13.7. The molecule has 0 aromatic heterocycles. The zero-order valence-corrected chi connectivity index (χ0v) is 12.3. The van der Waals surface area contributed by atoms with Crippen molar-refractivity contribution in [1.82, 2.24) is 18.1 Å². The summed E-state index contributed by atoms with van der Waals surface area (Å²) in [5.41, 5.74) is 2.16. The Morgan fingerprint density at radius 1 is 0.850 bits per heavy atom. The fourth-order valence-electron chi connectivity index (χ4n) is 1.94. The van der Waals surface area contributed by atoms with Crippen molar-refractivity contribution >= 4 is 36.1 Å². The van der Waals surface area contributed by atoms with Crippen LogP contribution in [0.1, 0.15) is 11.1 Å². The Labute approximate surface area is 125 Å². The molecule has 1 aromatic carbocycles. The van der Waals surface area contributed by atoms with E-state index >= 15 is 0 Å². The molecular formula is C12H14N4O2S2. The largest absolute Gasteiger partial charge is 0.272 e. The minimum Gasteiger partial charge on any atom is -0.272 e. The van der Waals surface area contributed by atoms with E-state index in [4.69, 9.17) is 0 Å². The molecule has 2 fully saturated rings. The summed E-state index contributed by atoms with van der Waals surface area (Å²) < 4.78 is 9.31. The SMILES string of the molecule is O=C1CNSN1Cc1ccc(CN2SNCC2=O)cc1. The third-order valence-electron chi connectivity index (χ3n) is 3.03. The second-order valence-electron chi connectivity index (χ2n) is 4.50. The molecule has 2 aliphatic heterocycles. The van der Waals surface area contributed by atoms with Crippen molar-refractivity contribution in [3.05, 3.63) is 35.4 Å². The normalized spacial score (nSPS) is 19.2. The monoisotopic (exact) mass is 310 g/mol. The first-order chi connectivity index (χ1) is 9.72. The highest BCUT2D eigenvalue weighted by molar-refractivity contribution is 7.96. The predicted octanol–water partition coefficient (Wildman–Crippen LogP) is 0.677. The number of hydrogen-bond acceptors (Lipinski definition) is 6. The number of carbonyl (C=O) groups is 2. The van der Waals surface area contributed by atoms with Gasteiger partial charge in [0.15, 0.2) is 0 Å². The van der Waals surface area contributed by atoms with Gasteiger partial charge in [-0.15, -0.1) is 0 Å². The quantitative estimate of drug-likeness (QED) is 0.797. The first-order valence-electron chi connectivity index (χ1n) is 6.20. The molecule has 8 heteroatoms. The Bertz CT molecular complexity index is 476. The van der Waals surface area contributed by atoms with Crippen molar-refractivity contribution < 1.29 is 9.59 Å². The van der Waals surface area contributed by atoms with E-state index in [-0.39, 0.29) is 11.8 Å². The zero-order valence-electron chi connectivity index (χ0n) is 10.7. The summed E-state index contributed by atoms with van der Waals surface area (Å²) in [5.74, 6) is 0.202. The molecule has 0 unspecified atom stereocenters. The number of benzene rings is 1. The second-order valence-corrected chi connectivity index (χ2v) is 6.33. The van der Waals surface area contributed by atoms with E-state index in [0.29, 0.717) is 26.2 Å². The predicted molar refractivity (Wildman–Crippen MR) is 78.7 cm³/mol. The lowest BCUT2D eigenvalue weighted by Crippen LogP contribution is -2.20. The average Bonchev–Trinajstić information content (AvgIpc) is 3.02. The van der Waals surface area contributed by atoms with Crippen LogP contribution in [0.2, 0.25) is 0 Å². The van der Waals surface area contributed by atoms with E-state index in [9.17, 15) is 9.59 Å². The summed E-state index contributed by atoms with van der Waals surface area (Å²) in [4.78, 5) is 23.0. The number of carbonyl (C=O) groups excluding carboxylic acids is 2. The van der Waals surface area contributed by atoms with Crippen molar-refractivity contribution in [1.29, 1.82) is 0 Å². The standard InChI is InChI=1S/C12H14N4O2S2/c17-11-5-13-19-15(11)7-9-1-2-10(4-3-9)8-16-12(18)6-14-20-16/h1-4,13-14H,5-8H2. The molecule has 2 amide bonds. The Balaban J connectivity index is 1.59. The molecule has 2 N–H and O–H groups in total. The number of nitrogens with zero attached hydrogens (tertiary/aromatic N) is 2. The fourth-order valence-corrected chi connectivity index (χ4v) is 3.39. The summed E-state index contributed by atoms with van der Waals surface area (Å²) in [6.07, 6.45) is 0. The topological polar surface area (TPSA) is 64.7 Å². The van der Waals surface area contributed by atoms with Crippen LogP contribution < -0.4 is 9.44 Å². The zero-order chi connectivity index (χ0) is 13.9. The van der Waals surface area contributed by atoms with Crippen LogP contribution in [0.5, 0.6) is 0 Å². The molecule has 2 saturated heterocycles. The molecule has 0 spiro atoms. The third-order valence-corrected chi connectivity index (χ3v) is 4.68. The van der Waals surface area contributed by atoms with Gasteiger partial charge in [-0.3, -0.25) is 18.2 Å². The fraction of sp³-hybridized carbons (Fsp3) is 0.333. The smallest absolute Gasteiger partial charge is 0.248 e. The van der Waals surface area contributed by atoms with Gasteiger partial charge < -0.3 is 0 Å². The Hall–Kier alpha value is -1.22. The van der Waals surface area contributed by atoms with Gasteiger partial charge in [0, 0.05) is 24.3 Å². The molecule has 6 nitrogen and oxygen atoms in total. The van der Waals surface area contributed by atoms with E-state index in [1.165, 1.54) is 24.3 Å². The Morgan fingerprint density at radius 3 is 1.55 bits per heavy atom. The van der Waals surface area contributed by atoms with E-state index in [0.717, 1.165) is 11.1 Å². The van der Waals surface area contributed by atoms with Crippen LogP contribution in [0.4, 0.5) is 0 Å². The number of hydrogen-bond donors (Lipinski definition) is 2. The van der Waals surface area contributed by atoms with Gasteiger partial charge in [0.05, 0.1) is 26.2 Å². The lowest BCUT2D eigenvalue weighted by molar-refractivity contribution is -0.125. The molecule has 3 rings (SSSR count). The van der Waals surface area contributed by atoms with Gasteiger partial charge in [0.2, 0.25) is 11.8 Å². The van der Waals surface area contributed by atoms with Crippen molar-refractivity contribution in [2.45, 2.75) is 13.1 Å². The molecule has 0 saturated carbocycles. The van der Waals surface area contributed by atoms with Crippen molar-refractivity contribution in [2.24, 2.45) is 0 Å². The Morgan fingerprint density at radius 2 is 1.25 bits per heavy atom. The molecule has 0 atom stereocenters. The molecule has 2 aliphatic rings. The van der Waals surface area contributed by atoms with E-state index in [2.05, 4.69) is 9.44 Å². The maximum absolute atomic E-state index is 11.5. The summed E-state index contributed by atoms with van der Waals surface area (Å²) in [6, 6.07) is 8.00. The highest BCUT2D eigenvalue weighted by Crippen LogP contribution is 2.20. The highest BCUT2D eigenvalue weighted by atomic mass is 32.2. The van der Waals surface area contributed by atoms with Crippen LogP contribution in [0.3, 0.4) is 0 Å². The van der Waals surface area contributed by atoms with Crippen molar-refractivity contribution in [2.75, 3.05) is 13.1 Å². The second kappa shape index (κ2) is 6.04. The van der Waals surface area contributed by atoms with Crippen LogP contribution in [0, 0.1) is 0 Å². The third kappa shape index (κ3) is 3.09. The van der Waals surface area contributed by atoms with Gasteiger partial charge in [-0.1, -0.05) is 24.3 Å². The van der Waals surface area contributed by atoms with Crippen LogP contribution in [-0.4, -0.2) is 33.5 Å². The van der Waals surface area contributed by atoms with Gasteiger partial charge in [-0.05, 0) is 11.1 Å². The summed E-state index contributed by atoms with van der Waals surface area (Å²) in [6.45, 7) is 1.97.